The number of nitrogens with one attached hydrogen (secondary N) is 2. The number of aliphatic imine (C=N–C) groups is 1. The molecule has 0 bridgehead atoms. The zero-order valence-corrected chi connectivity index (χ0v) is 16.7. The third kappa shape index (κ3) is 6.03. The Hall–Kier alpha value is -1.56. The third-order valence-corrected chi connectivity index (χ3v) is 5.02. The maximum Gasteiger partial charge on any atom is 0.191 e. The molecule has 1 aliphatic rings. The van der Waals surface area contributed by atoms with E-state index < -0.39 is 0 Å². The third-order valence-electron chi connectivity index (χ3n) is 5.02. The van der Waals surface area contributed by atoms with E-state index in [1.54, 1.807) is 0 Å². The van der Waals surface area contributed by atoms with Crippen LogP contribution in [0.15, 0.2) is 11.1 Å². The average Bonchev–Trinajstić information content (AvgIpc) is 3.19. The van der Waals surface area contributed by atoms with Crippen molar-refractivity contribution in [3.63, 3.8) is 0 Å². The lowest BCUT2D eigenvalue weighted by Gasteiger charge is -2.31. The zero-order valence-electron chi connectivity index (χ0n) is 16.7. The largest absolute Gasteiger partial charge is 0.356 e. The van der Waals surface area contributed by atoms with Gasteiger partial charge in [-0.05, 0) is 58.2 Å². The highest BCUT2D eigenvalue weighted by Gasteiger charge is 2.24. The SMILES string of the molecule is CN=C(NCCCn1nc(C)cc1C)NCC(C(C)C)N1CCCC1. The molecule has 6 heteroatoms. The van der Waals surface area contributed by atoms with Gasteiger partial charge in [0.1, 0.15) is 0 Å². The molecule has 1 aromatic heterocycles. The Kier molecular flexibility index (Phi) is 7.75. The molecule has 25 heavy (non-hydrogen) atoms. The van der Waals surface area contributed by atoms with Gasteiger partial charge in [0.2, 0.25) is 0 Å². The molecule has 1 saturated heterocycles. The predicted molar refractivity (Wildman–Crippen MR) is 105 cm³/mol. The van der Waals surface area contributed by atoms with E-state index in [2.05, 4.69) is 57.1 Å². The second-order valence-corrected chi connectivity index (χ2v) is 7.44. The van der Waals surface area contributed by atoms with E-state index >= 15 is 0 Å². The molecule has 2 N–H and O–H groups in total. The molecule has 142 valence electrons. The van der Waals surface area contributed by atoms with Crippen molar-refractivity contribution in [2.75, 3.05) is 33.2 Å². The van der Waals surface area contributed by atoms with Crippen LogP contribution in [0.4, 0.5) is 0 Å². The molecule has 1 atom stereocenters. The summed E-state index contributed by atoms with van der Waals surface area (Å²) in [6, 6.07) is 2.70. The van der Waals surface area contributed by atoms with Crippen LogP contribution in [0.3, 0.4) is 0 Å². The van der Waals surface area contributed by atoms with Crippen molar-refractivity contribution in [3.8, 4) is 0 Å². The van der Waals surface area contributed by atoms with E-state index in [4.69, 9.17) is 0 Å². The van der Waals surface area contributed by atoms with Crippen LogP contribution in [0.1, 0.15) is 44.5 Å². The van der Waals surface area contributed by atoms with Crippen molar-refractivity contribution >= 4 is 5.96 Å². The van der Waals surface area contributed by atoms with Gasteiger partial charge in [0, 0.05) is 38.4 Å². The smallest absolute Gasteiger partial charge is 0.191 e. The Balaban J connectivity index is 1.71. The number of hydrogen-bond acceptors (Lipinski definition) is 3. The van der Waals surface area contributed by atoms with Crippen molar-refractivity contribution in [1.29, 1.82) is 0 Å². The summed E-state index contributed by atoms with van der Waals surface area (Å²) in [4.78, 5) is 6.98. The molecule has 1 fully saturated rings. The van der Waals surface area contributed by atoms with Gasteiger partial charge < -0.3 is 10.6 Å². The molecule has 0 saturated carbocycles. The summed E-state index contributed by atoms with van der Waals surface area (Å²) in [5.74, 6) is 1.55. The van der Waals surface area contributed by atoms with Crippen LogP contribution in [0.25, 0.3) is 0 Å². The van der Waals surface area contributed by atoms with Crippen LogP contribution in [0, 0.1) is 19.8 Å². The van der Waals surface area contributed by atoms with Crippen molar-refractivity contribution in [2.24, 2.45) is 10.9 Å². The zero-order chi connectivity index (χ0) is 18.2. The monoisotopic (exact) mass is 348 g/mol. The minimum atomic E-state index is 0.579. The van der Waals surface area contributed by atoms with Crippen LogP contribution in [0.2, 0.25) is 0 Å². The van der Waals surface area contributed by atoms with E-state index in [1.165, 1.54) is 31.6 Å². The highest BCUT2D eigenvalue weighted by atomic mass is 15.3. The summed E-state index contributed by atoms with van der Waals surface area (Å²) in [5, 5.41) is 11.5. The van der Waals surface area contributed by atoms with Crippen molar-refractivity contribution in [2.45, 2.75) is 59.5 Å². The maximum atomic E-state index is 4.51. The average molecular weight is 349 g/mol. The first-order valence-electron chi connectivity index (χ1n) is 9.71. The van der Waals surface area contributed by atoms with Crippen molar-refractivity contribution < 1.29 is 0 Å². The number of aromatic nitrogens is 2. The molecule has 0 spiro atoms. The second-order valence-electron chi connectivity index (χ2n) is 7.44. The normalized spacial score (nSPS) is 17.3. The topological polar surface area (TPSA) is 57.5 Å². The first kappa shape index (κ1) is 19.8. The van der Waals surface area contributed by atoms with Gasteiger partial charge in [-0.25, -0.2) is 0 Å². The number of rotatable bonds is 8. The Morgan fingerprint density at radius 1 is 1.24 bits per heavy atom. The summed E-state index contributed by atoms with van der Waals surface area (Å²) in [7, 11) is 1.84. The first-order chi connectivity index (χ1) is 12.0. The lowest BCUT2D eigenvalue weighted by atomic mass is 10.0. The van der Waals surface area contributed by atoms with Gasteiger partial charge in [-0.1, -0.05) is 13.8 Å². The Morgan fingerprint density at radius 2 is 1.96 bits per heavy atom. The van der Waals surface area contributed by atoms with Gasteiger partial charge in [-0.3, -0.25) is 14.6 Å². The fourth-order valence-corrected chi connectivity index (χ4v) is 3.62. The highest BCUT2D eigenvalue weighted by molar-refractivity contribution is 5.79. The summed E-state index contributed by atoms with van der Waals surface area (Å²) in [6.07, 6.45) is 3.70. The van der Waals surface area contributed by atoms with Gasteiger partial charge in [-0.15, -0.1) is 0 Å². The number of nitrogens with zero attached hydrogens (tertiary/aromatic N) is 4. The van der Waals surface area contributed by atoms with Gasteiger partial charge in [-0.2, -0.15) is 5.10 Å². The molecule has 0 radical (unpaired) electrons. The van der Waals surface area contributed by atoms with E-state index in [-0.39, 0.29) is 0 Å². The molecule has 2 heterocycles. The molecule has 0 aliphatic carbocycles. The van der Waals surface area contributed by atoms with Crippen LogP contribution >= 0.6 is 0 Å². The van der Waals surface area contributed by atoms with Gasteiger partial charge in [0.15, 0.2) is 5.96 Å². The lowest BCUT2D eigenvalue weighted by Crippen LogP contribution is -2.48. The van der Waals surface area contributed by atoms with E-state index in [0.29, 0.717) is 12.0 Å². The molecule has 2 rings (SSSR count). The quantitative estimate of drug-likeness (QED) is 0.429. The van der Waals surface area contributed by atoms with E-state index in [9.17, 15) is 0 Å². The predicted octanol–water partition coefficient (Wildman–Crippen LogP) is 2.18. The van der Waals surface area contributed by atoms with Crippen LogP contribution in [-0.4, -0.2) is 59.9 Å². The number of aryl methyl sites for hydroxylation is 3. The highest BCUT2D eigenvalue weighted by Crippen LogP contribution is 2.17. The fourth-order valence-electron chi connectivity index (χ4n) is 3.62. The molecule has 1 aromatic rings. The molecule has 1 aliphatic heterocycles. The summed E-state index contributed by atoms with van der Waals surface area (Å²) < 4.78 is 2.08. The van der Waals surface area contributed by atoms with Crippen LogP contribution < -0.4 is 10.6 Å². The Bertz CT molecular complexity index is 542. The van der Waals surface area contributed by atoms with Gasteiger partial charge in [0.05, 0.1) is 5.69 Å². The Morgan fingerprint density at radius 3 is 2.52 bits per heavy atom. The number of hydrogen-bond donors (Lipinski definition) is 2. The fraction of sp³-hybridized carbons (Fsp3) is 0.789. The standard InChI is InChI=1S/C19H36N6/c1-15(2)18(24-10-6-7-11-24)14-22-19(20-5)21-9-8-12-25-17(4)13-16(3)23-25/h13,15,18H,6-12,14H2,1-5H3,(H2,20,21,22). The number of guanidine groups is 1. The lowest BCUT2D eigenvalue weighted by molar-refractivity contribution is 0.192. The van der Waals surface area contributed by atoms with E-state index in [0.717, 1.165) is 37.7 Å². The Labute approximate surface area is 153 Å². The van der Waals surface area contributed by atoms with Crippen molar-refractivity contribution in [1.82, 2.24) is 25.3 Å². The maximum absolute atomic E-state index is 4.51. The molecule has 0 amide bonds. The van der Waals surface area contributed by atoms with Crippen LogP contribution in [0.5, 0.6) is 0 Å². The molecule has 6 nitrogen and oxygen atoms in total. The van der Waals surface area contributed by atoms with Crippen LogP contribution in [-0.2, 0) is 6.54 Å². The summed E-state index contributed by atoms with van der Waals surface area (Å²) >= 11 is 0. The van der Waals surface area contributed by atoms with E-state index in [1.807, 2.05) is 14.0 Å². The molecular formula is C19H36N6. The van der Waals surface area contributed by atoms with Crippen molar-refractivity contribution in [3.05, 3.63) is 17.5 Å². The minimum absolute atomic E-state index is 0.579. The minimum Gasteiger partial charge on any atom is -0.356 e. The van der Waals surface area contributed by atoms with Gasteiger partial charge >= 0.3 is 0 Å². The number of likely N-dealkylation sites (tertiary alicyclic amines) is 1. The first-order valence-corrected chi connectivity index (χ1v) is 9.71. The summed E-state index contributed by atoms with van der Waals surface area (Å²) in [6.45, 7) is 14.0. The molecular weight excluding hydrogens is 312 g/mol. The second kappa shape index (κ2) is 9.80. The molecule has 1 unspecified atom stereocenters. The summed E-state index contributed by atoms with van der Waals surface area (Å²) in [5.41, 5.74) is 2.31. The van der Waals surface area contributed by atoms with Gasteiger partial charge in [0.25, 0.3) is 0 Å². The molecule has 0 aromatic carbocycles.